The summed E-state index contributed by atoms with van der Waals surface area (Å²) in [5.41, 5.74) is 1.76. The smallest absolute Gasteiger partial charge is 0.333 e. The van der Waals surface area contributed by atoms with Crippen molar-refractivity contribution in [2.75, 3.05) is 6.61 Å². The number of hydrogen-bond acceptors (Lipinski definition) is 2. The summed E-state index contributed by atoms with van der Waals surface area (Å²) in [4.78, 5) is 11.2. The third kappa shape index (κ3) is 5.23. The number of carbonyl (C=O) groups excluding carboxylic acids is 1. The molecule has 0 unspecified atom stereocenters. The minimum absolute atomic E-state index is 0.230. The molecule has 0 rings (SSSR count). The maximum absolute atomic E-state index is 11.2. The Kier molecular flexibility index (Phi) is 5.94. The highest BCUT2D eigenvalue weighted by Gasteiger charge is 2.03. The SMILES string of the molecule is CCC=C(C)C=C(C)C(=O)OCC. The van der Waals surface area contributed by atoms with Crippen molar-refractivity contribution in [2.24, 2.45) is 0 Å². The van der Waals surface area contributed by atoms with E-state index in [2.05, 4.69) is 13.0 Å². The summed E-state index contributed by atoms with van der Waals surface area (Å²) in [7, 11) is 0. The lowest BCUT2D eigenvalue weighted by molar-refractivity contribution is -0.138. The lowest BCUT2D eigenvalue weighted by Gasteiger charge is -2.01. The van der Waals surface area contributed by atoms with Crippen LogP contribution in [-0.2, 0) is 9.53 Å². The maximum atomic E-state index is 11.2. The maximum Gasteiger partial charge on any atom is 0.333 e. The number of allylic oxidation sites excluding steroid dienone is 3. The van der Waals surface area contributed by atoms with E-state index in [4.69, 9.17) is 4.74 Å². The minimum Gasteiger partial charge on any atom is -0.463 e. The zero-order valence-electron chi connectivity index (χ0n) is 8.89. The molecule has 0 aromatic rings. The summed E-state index contributed by atoms with van der Waals surface area (Å²) < 4.78 is 4.85. The highest BCUT2D eigenvalue weighted by atomic mass is 16.5. The Labute approximate surface area is 80.3 Å². The van der Waals surface area contributed by atoms with Crippen molar-refractivity contribution >= 4 is 5.97 Å². The van der Waals surface area contributed by atoms with Crippen molar-refractivity contribution in [2.45, 2.75) is 34.1 Å². The van der Waals surface area contributed by atoms with Gasteiger partial charge in [0.05, 0.1) is 6.61 Å². The fourth-order valence-electron chi connectivity index (χ4n) is 1.03. The van der Waals surface area contributed by atoms with Gasteiger partial charge in [0.25, 0.3) is 0 Å². The first-order valence-electron chi connectivity index (χ1n) is 4.64. The Hall–Kier alpha value is -1.05. The minimum atomic E-state index is -0.230. The van der Waals surface area contributed by atoms with Gasteiger partial charge in [-0.25, -0.2) is 4.79 Å². The van der Waals surface area contributed by atoms with Gasteiger partial charge in [0.15, 0.2) is 0 Å². The van der Waals surface area contributed by atoms with Gasteiger partial charge in [0.2, 0.25) is 0 Å². The van der Waals surface area contributed by atoms with Crippen molar-refractivity contribution in [1.82, 2.24) is 0 Å². The Morgan fingerprint density at radius 2 is 1.92 bits per heavy atom. The zero-order valence-corrected chi connectivity index (χ0v) is 8.89. The number of hydrogen-bond donors (Lipinski definition) is 0. The average molecular weight is 182 g/mol. The van der Waals surface area contributed by atoms with E-state index in [9.17, 15) is 4.79 Å². The predicted octanol–water partition coefficient (Wildman–Crippen LogP) is 2.85. The fraction of sp³-hybridized carbons (Fsp3) is 0.545. The van der Waals surface area contributed by atoms with E-state index in [1.165, 1.54) is 0 Å². The second-order valence-electron chi connectivity index (χ2n) is 2.90. The Balaban J connectivity index is 4.31. The van der Waals surface area contributed by atoms with Gasteiger partial charge in [-0.2, -0.15) is 0 Å². The van der Waals surface area contributed by atoms with E-state index in [0.29, 0.717) is 12.2 Å². The van der Waals surface area contributed by atoms with Crippen molar-refractivity contribution in [3.63, 3.8) is 0 Å². The van der Waals surface area contributed by atoms with Crippen LogP contribution in [0.1, 0.15) is 34.1 Å². The molecule has 0 atom stereocenters. The number of carbonyl (C=O) groups is 1. The molecule has 2 nitrogen and oxygen atoms in total. The standard InChI is InChI=1S/C11H18O2/c1-5-7-9(3)8-10(4)11(12)13-6-2/h7-8H,5-6H2,1-4H3. The molecule has 0 aromatic heterocycles. The van der Waals surface area contributed by atoms with Crippen LogP contribution in [0.25, 0.3) is 0 Å². The molecule has 0 saturated heterocycles. The second kappa shape index (κ2) is 6.46. The van der Waals surface area contributed by atoms with Crippen LogP contribution in [0.15, 0.2) is 23.3 Å². The van der Waals surface area contributed by atoms with Crippen LogP contribution < -0.4 is 0 Å². The molecule has 0 aliphatic rings. The Morgan fingerprint density at radius 1 is 1.31 bits per heavy atom. The monoisotopic (exact) mass is 182 g/mol. The molecule has 2 heteroatoms. The first kappa shape index (κ1) is 11.9. The molecule has 13 heavy (non-hydrogen) atoms. The van der Waals surface area contributed by atoms with E-state index in [0.717, 1.165) is 12.0 Å². The lowest BCUT2D eigenvalue weighted by Crippen LogP contribution is -2.05. The van der Waals surface area contributed by atoms with Gasteiger partial charge in [0, 0.05) is 5.57 Å². The van der Waals surface area contributed by atoms with Gasteiger partial charge in [-0.3, -0.25) is 0 Å². The largest absolute Gasteiger partial charge is 0.463 e. The summed E-state index contributed by atoms with van der Waals surface area (Å²) >= 11 is 0. The van der Waals surface area contributed by atoms with Crippen molar-refractivity contribution in [3.8, 4) is 0 Å². The van der Waals surface area contributed by atoms with Gasteiger partial charge >= 0.3 is 5.97 Å². The number of rotatable bonds is 4. The molecule has 0 aliphatic heterocycles. The summed E-state index contributed by atoms with van der Waals surface area (Å²) in [6.45, 7) is 8.05. The molecule has 0 spiro atoms. The molecule has 0 N–H and O–H groups in total. The zero-order chi connectivity index (χ0) is 10.3. The molecular formula is C11H18O2. The van der Waals surface area contributed by atoms with Crippen molar-refractivity contribution in [1.29, 1.82) is 0 Å². The first-order chi connectivity index (χ1) is 6.11. The van der Waals surface area contributed by atoms with Gasteiger partial charge in [-0.05, 0) is 33.3 Å². The quantitative estimate of drug-likeness (QED) is 0.379. The van der Waals surface area contributed by atoms with Gasteiger partial charge in [0.1, 0.15) is 0 Å². The molecule has 0 saturated carbocycles. The van der Waals surface area contributed by atoms with Crippen molar-refractivity contribution in [3.05, 3.63) is 23.3 Å². The highest BCUT2D eigenvalue weighted by molar-refractivity contribution is 5.88. The van der Waals surface area contributed by atoms with E-state index in [1.54, 1.807) is 13.8 Å². The van der Waals surface area contributed by atoms with Crippen LogP contribution in [0, 0.1) is 0 Å². The molecule has 0 radical (unpaired) electrons. The van der Waals surface area contributed by atoms with Gasteiger partial charge in [-0.1, -0.05) is 18.6 Å². The van der Waals surface area contributed by atoms with E-state index in [1.807, 2.05) is 13.0 Å². The molecule has 0 aliphatic carbocycles. The fourth-order valence-corrected chi connectivity index (χ4v) is 1.03. The molecule has 0 aromatic carbocycles. The average Bonchev–Trinajstić information content (AvgIpc) is 2.05. The van der Waals surface area contributed by atoms with Crippen LogP contribution in [0.4, 0.5) is 0 Å². The van der Waals surface area contributed by atoms with Crippen LogP contribution in [-0.4, -0.2) is 12.6 Å². The van der Waals surface area contributed by atoms with E-state index >= 15 is 0 Å². The Bertz CT molecular complexity index is 224. The van der Waals surface area contributed by atoms with Gasteiger partial charge < -0.3 is 4.74 Å². The summed E-state index contributed by atoms with van der Waals surface area (Å²) in [6, 6.07) is 0. The number of esters is 1. The summed E-state index contributed by atoms with van der Waals surface area (Å²) in [5.74, 6) is -0.230. The van der Waals surface area contributed by atoms with Crippen LogP contribution in [0.3, 0.4) is 0 Å². The van der Waals surface area contributed by atoms with E-state index < -0.39 is 0 Å². The second-order valence-corrected chi connectivity index (χ2v) is 2.90. The Morgan fingerprint density at radius 3 is 2.38 bits per heavy atom. The molecular weight excluding hydrogens is 164 g/mol. The predicted molar refractivity (Wildman–Crippen MR) is 54.4 cm³/mol. The molecule has 74 valence electrons. The van der Waals surface area contributed by atoms with Gasteiger partial charge in [-0.15, -0.1) is 0 Å². The van der Waals surface area contributed by atoms with Crippen LogP contribution in [0.5, 0.6) is 0 Å². The molecule has 0 bridgehead atoms. The summed E-state index contributed by atoms with van der Waals surface area (Å²) in [6.07, 6.45) is 4.91. The number of ether oxygens (including phenoxy) is 1. The molecule has 0 amide bonds. The molecule has 0 fully saturated rings. The lowest BCUT2D eigenvalue weighted by atomic mass is 10.1. The molecule has 0 heterocycles. The van der Waals surface area contributed by atoms with Crippen molar-refractivity contribution < 1.29 is 9.53 Å². The third-order valence-corrected chi connectivity index (χ3v) is 1.57. The van der Waals surface area contributed by atoms with Crippen LogP contribution >= 0.6 is 0 Å². The third-order valence-electron chi connectivity index (χ3n) is 1.57. The van der Waals surface area contributed by atoms with E-state index in [-0.39, 0.29) is 5.97 Å². The normalized spacial score (nSPS) is 12.9. The topological polar surface area (TPSA) is 26.3 Å². The van der Waals surface area contributed by atoms with Crippen LogP contribution in [0.2, 0.25) is 0 Å². The highest BCUT2D eigenvalue weighted by Crippen LogP contribution is 2.04. The summed E-state index contributed by atoms with van der Waals surface area (Å²) in [5, 5.41) is 0. The first-order valence-corrected chi connectivity index (χ1v) is 4.64.